The lowest BCUT2D eigenvalue weighted by Crippen LogP contribution is -2.12. The van der Waals surface area contributed by atoms with Crippen molar-refractivity contribution in [2.45, 2.75) is 19.3 Å². The van der Waals surface area contributed by atoms with Gasteiger partial charge in [0.1, 0.15) is 15.7 Å². The predicted molar refractivity (Wildman–Crippen MR) is 73.7 cm³/mol. The molecule has 4 nitrogen and oxygen atoms in total. The van der Waals surface area contributed by atoms with Crippen LogP contribution < -0.4 is 0 Å². The zero-order valence-electron chi connectivity index (χ0n) is 10.4. The number of aryl methyl sites for hydroxylation is 2. The summed E-state index contributed by atoms with van der Waals surface area (Å²) < 4.78 is 24.4. The third kappa shape index (κ3) is 2.84. The molecule has 0 aliphatic heterocycles. The first kappa shape index (κ1) is 13.4. The van der Waals surface area contributed by atoms with Crippen LogP contribution in [0.15, 0.2) is 18.2 Å². The molecule has 0 spiro atoms. The average Bonchev–Trinajstić information content (AvgIpc) is 2.62. The number of sulfone groups is 1. The van der Waals surface area contributed by atoms with Gasteiger partial charge in [-0.05, 0) is 24.6 Å². The molecule has 0 saturated carbocycles. The molecule has 0 fully saturated rings. The third-order valence-electron chi connectivity index (χ3n) is 2.79. The third-order valence-corrected chi connectivity index (χ3v) is 3.95. The van der Waals surface area contributed by atoms with E-state index in [0.717, 1.165) is 16.6 Å². The summed E-state index contributed by atoms with van der Waals surface area (Å²) >= 11 is 5.86. The van der Waals surface area contributed by atoms with Crippen molar-refractivity contribution in [1.82, 2.24) is 9.55 Å². The zero-order chi connectivity index (χ0) is 13.3. The minimum atomic E-state index is -2.99. The molecule has 1 aromatic carbocycles. The molecular formula is C12H15ClN2O2S. The van der Waals surface area contributed by atoms with Crippen molar-refractivity contribution >= 4 is 32.5 Å². The number of hydrogen-bond acceptors (Lipinski definition) is 3. The first-order valence-electron chi connectivity index (χ1n) is 5.60. The van der Waals surface area contributed by atoms with Crippen molar-refractivity contribution < 1.29 is 8.42 Å². The molecule has 18 heavy (non-hydrogen) atoms. The second-order valence-corrected chi connectivity index (χ2v) is 6.96. The number of fused-ring (bicyclic) bond motifs is 1. The molecule has 0 unspecified atom stereocenters. The average molecular weight is 287 g/mol. The minimum Gasteiger partial charge on any atom is -0.326 e. The Morgan fingerprint density at radius 1 is 1.39 bits per heavy atom. The number of halogens is 1. The normalized spacial score (nSPS) is 12.2. The van der Waals surface area contributed by atoms with E-state index in [9.17, 15) is 8.42 Å². The molecule has 0 N–H and O–H groups in total. The Bertz CT molecular complexity index is 677. The Morgan fingerprint density at radius 2 is 2.11 bits per heavy atom. The van der Waals surface area contributed by atoms with Crippen LogP contribution >= 0.6 is 11.6 Å². The van der Waals surface area contributed by atoms with Gasteiger partial charge < -0.3 is 4.57 Å². The van der Waals surface area contributed by atoms with Gasteiger partial charge in [0.15, 0.2) is 0 Å². The monoisotopic (exact) mass is 286 g/mol. The lowest BCUT2D eigenvalue weighted by molar-refractivity contribution is 0.594. The number of hydrogen-bond donors (Lipinski definition) is 0. The van der Waals surface area contributed by atoms with Crippen molar-refractivity contribution in [1.29, 1.82) is 0 Å². The summed E-state index contributed by atoms with van der Waals surface area (Å²) in [5.74, 6) is 1.08. The maximum atomic E-state index is 11.2. The fourth-order valence-electron chi connectivity index (χ4n) is 1.90. The standard InChI is InChI=1S/C12H15ClN2O2S/c1-9-3-4-11-10(7-9)14-12(8-13)15(11)5-6-18(2,16)17/h3-4,7H,5-6,8H2,1-2H3. The quantitative estimate of drug-likeness (QED) is 0.809. The minimum absolute atomic E-state index is 0.0935. The highest BCUT2D eigenvalue weighted by Crippen LogP contribution is 2.19. The summed E-state index contributed by atoms with van der Waals surface area (Å²) in [6.07, 6.45) is 1.23. The number of aromatic nitrogens is 2. The van der Waals surface area contributed by atoms with Crippen LogP contribution in [0.5, 0.6) is 0 Å². The molecule has 1 aromatic heterocycles. The highest BCUT2D eigenvalue weighted by atomic mass is 35.5. The number of nitrogens with zero attached hydrogens (tertiary/aromatic N) is 2. The van der Waals surface area contributed by atoms with Crippen LogP contribution in [0.2, 0.25) is 0 Å². The van der Waals surface area contributed by atoms with Gasteiger partial charge in [0.05, 0.1) is 22.7 Å². The van der Waals surface area contributed by atoms with Gasteiger partial charge in [0.2, 0.25) is 0 Å². The van der Waals surface area contributed by atoms with Gasteiger partial charge in [-0.2, -0.15) is 0 Å². The SMILES string of the molecule is Cc1ccc2c(c1)nc(CCl)n2CCS(C)(=O)=O. The largest absolute Gasteiger partial charge is 0.326 e. The van der Waals surface area contributed by atoms with E-state index in [4.69, 9.17) is 11.6 Å². The molecule has 0 radical (unpaired) electrons. The van der Waals surface area contributed by atoms with E-state index in [-0.39, 0.29) is 11.6 Å². The van der Waals surface area contributed by atoms with Gasteiger partial charge in [-0.15, -0.1) is 11.6 Å². The Labute approximate surface area is 112 Å². The van der Waals surface area contributed by atoms with E-state index in [0.29, 0.717) is 12.4 Å². The fourth-order valence-corrected chi connectivity index (χ4v) is 2.62. The number of alkyl halides is 1. The van der Waals surface area contributed by atoms with Crippen molar-refractivity contribution in [2.75, 3.05) is 12.0 Å². The van der Waals surface area contributed by atoms with Gasteiger partial charge in [-0.1, -0.05) is 6.07 Å². The van der Waals surface area contributed by atoms with Crippen molar-refractivity contribution in [3.05, 3.63) is 29.6 Å². The zero-order valence-corrected chi connectivity index (χ0v) is 11.9. The highest BCUT2D eigenvalue weighted by Gasteiger charge is 2.12. The fraction of sp³-hybridized carbons (Fsp3) is 0.417. The maximum Gasteiger partial charge on any atom is 0.149 e. The predicted octanol–water partition coefficient (Wildman–Crippen LogP) is 2.13. The molecule has 0 atom stereocenters. The van der Waals surface area contributed by atoms with E-state index < -0.39 is 9.84 Å². The molecule has 98 valence electrons. The Morgan fingerprint density at radius 3 is 2.72 bits per heavy atom. The second-order valence-electron chi connectivity index (χ2n) is 4.44. The number of imidazole rings is 1. The lowest BCUT2D eigenvalue weighted by Gasteiger charge is -2.06. The summed E-state index contributed by atoms with van der Waals surface area (Å²) in [5, 5.41) is 0. The van der Waals surface area contributed by atoms with Gasteiger partial charge in [-0.25, -0.2) is 13.4 Å². The molecule has 0 bridgehead atoms. The Kier molecular flexibility index (Phi) is 3.64. The van der Waals surface area contributed by atoms with Gasteiger partial charge >= 0.3 is 0 Å². The van der Waals surface area contributed by atoms with Crippen LogP contribution in [-0.2, 0) is 22.3 Å². The highest BCUT2D eigenvalue weighted by molar-refractivity contribution is 7.90. The molecule has 1 heterocycles. The van der Waals surface area contributed by atoms with Crippen molar-refractivity contribution in [2.24, 2.45) is 0 Å². The number of rotatable bonds is 4. The molecule has 2 aromatic rings. The molecule has 2 rings (SSSR count). The topological polar surface area (TPSA) is 52.0 Å². The summed E-state index contributed by atoms with van der Waals surface area (Å²) in [5.41, 5.74) is 2.91. The first-order valence-corrected chi connectivity index (χ1v) is 8.19. The van der Waals surface area contributed by atoms with Crippen molar-refractivity contribution in [3.8, 4) is 0 Å². The van der Waals surface area contributed by atoms with Crippen LogP contribution in [0.25, 0.3) is 11.0 Å². The van der Waals surface area contributed by atoms with E-state index in [1.807, 2.05) is 29.7 Å². The van der Waals surface area contributed by atoms with E-state index in [1.165, 1.54) is 6.26 Å². The summed E-state index contributed by atoms with van der Waals surface area (Å²) in [4.78, 5) is 4.43. The van der Waals surface area contributed by atoms with E-state index in [1.54, 1.807) is 0 Å². The smallest absolute Gasteiger partial charge is 0.149 e. The van der Waals surface area contributed by atoms with Gasteiger partial charge in [0.25, 0.3) is 0 Å². The summed E-state index contributed by atoms with van der Waals surface area (Å²) in [6.45, 7) is 2.38. The summed E-state index contributed by atoms with van der Waals surface area (Å²) in [6, 6.07) is 5.91. The molecule has 6 heteroatoms. The van der Waals surface area contributed by atoms with Crippen molar-refractivity contribution in [3.63, 3.8) is 0 Å². The molecule has 0 amide bonds. The van der Waals surface area contributed by atoms with Gasteiger partial charge in [0, 0.05) is 12.8 Å². The van der Waals surface area contributed by atoms with Gasteiger partial charge in [-0.3, -0.25) is 0 Å². The summed E-state index contributed by atoms with van der Waals surface area (Å²) in [7, 11) is -2.99. The van der Waals surface area contributed by atoms with E-state index in [2.05, 4.69) is 4.98 Å². The van der Waals surface area contributed by atoms with Crippen LogP contribution in [0, 0.1) is 6.92 Å². The number of benzene rings is 1. The lowest BCUT2D eigenvalue weighted by atomic mass is 10.2. The first-order chi connectivity index (χ1) is 8.40. The van der Waals surface area contributed by atoms with Crippen LogP contribution in [0.4, 0.5) is 0 Å². The van der Waals surface area contributed by atoms with Crippen LogP contribution in [0.3, 0.4) is 0 Å². The van der Waals surface area contributed by atoms with Crippen LogP contribution in [0.1, 0.15) is 11.4 Å². The molecule has 0 aliphatic carbocycles. The Hall–Kier alpha value is -1.07. The van der Waals surface area contributed by atoms with E-state index >= 15 is 0 Å². The molecular weight excluding hydrogens is 272 g/mol. The second kappa shape index (κ2) is 4.90. The van der Waals surface area contributed by atoms with Crippen LogP contribution in [-0.4, -0.2) is 30.0 Å². The maximum absolute atomic E-state index is 11.2. The molecule has 0 saturated heterocycles. The molecule has 0 aliphatic rings. The Balaban J connectivity index is 2.47.